The van der Waals surface area contributed by atoms with Gasteiger partial charge in [0.05, 0.1) is 6.61 Å². The van der Waals surface area contributed by atoms with Crippen molar-refractivity contribution < 1.29 is 5.11 Å². The smallest absolute Gasteiger partial charge is 0.0716 e. The molecule has 0 aliphatic carbocycles. The van der Waals surface area contributed by atoms with E-state index in [0.29, 0.717) is 17.0 Å². The summed E-state index contributed by atoms with van der Waals surface area (Å²) in [7, 11) is 2.04. The minimum atomic E-state index is -0.0236. The lowest BCUT2D eigenvalue weighted by Crippen LogP contribution is -2.33. The highest BCUT2D eigenvalue weighted by atomic mass is 35.5. The van der Waals surface area contributed by atoms with E-state index in [2.05, 4.69) is 25.7 Å². The lowest BCUT2D eigenvalue weighted by Gasteiger charge is -2.31. The van der Waals surface area contributed by atoms with Crippen LogP contribution in [-0.2, 0) is 6.61 Å². The molecule has 0 aliphatic heterocycles. The fourth-order valence-electron chi connectivity index (χ4n) is 1.70. The minimum Gasteiger partial charge on any atom is -0.392 e. The van der Waals surface area contributed by atoms with E-state index in [1.54, 1.807) is 0 Å². The van der Waals surface area contributed by atoms with E-state index in [-0.39, 0.29) is 6.61 Å². The van der Waals surface area contributed by atoms with Gasteiger partial charge in [0.1, 0.15) is 0 Å². The molecule has 0 aromatic heterocycles. The molecular weight excluding hydrogens is 222 g/mol. The van der Waals surface area contributed by atoms with Crippen LogP contribution in [0, 0.1) is 5.92 Å². The molecule has 0 spiro atoms. The van der Waals surface area contributed by atoms with Gasteiger partial charge in [-0.3, -0.25) is 0 Å². The van der Waals surface area contributed by atoms with Crippen molar-refractivity contribution in [1.82, 2.24) is 0 Å². The summed E-state index contributed by atoms with van der Waals surface area (Å²) < 4.78 is 0. The number of nitrogens with zero attached hydrogens (tertiary/aromatic N) is 1. The van der Waals surface area contributed by atoms with Crippen molar-refractivity contribution in [1.29, 1.82) is 0 Å². The number of benzene rings is 1. The van der Waals surface area contributed by atoms with Crippen LogP contribution in [0.4, 0.5) is 5.69 Å². The first-order chi connectivity index (χ1) is 7.49. The molecule has 0 amide bonds. The number of hydrogen-bond donors (Lipinski definition) is 1. The van der Waals surface area contributed by atoms with Gasteiger partial charge in [0.25, 0.3) is 0 Å². The van der Waals surface area contributed by atoms with Gasteiger partial charge in [-0.05, 0) is 25.0 Å². The zero-order chi connectivity index (χ0) is 12.3. The highest BCUT2D eigenvalue weighted by molar-refractivity contribution is 6.31. The Morgan fingerprint density at radius 3 is 2.44 bits per heavy atom. The number of halogens is 1. The van der Waals surface area contributed by atoms with Crippen molar-refractivity contribution in [3.8, 4) is 0 Å². The molecule has 0 bridgehead atoms. The number of hydrogen-bond acceptors (Lipinski definition) is 2. The maximum Gasteiger partial charge on any atom is 0.0716 e. The summed E-state index contributed by atoms with van der Waals surface area (Å²) in [6.07, 6.45) is 0. The third-order valence-electron chi connectivity index (χ3n) is 3.21. The van der Waals surface area contributed by atoms with Crippen LogP contribution in [0.3, 0.4) is 0 Å². The summed E-state index contributed by atoms with van der Waals surface area (Å²) in [6, 6.07) is 6.13. The van der Waals surface area contributed by atoms with Crippen LogP contribution in [0.15, 0.2) is 18.2 Å². The molecule has 2 nitrogen and oxygen atoms in total. The first-order valence-electron chi connectivity index (χ1n) is 5.60. The van der Waals surface area contributed by atoms with E-state index in [1.165, 1.54) is 0 Å². The summed E-state index contributed by atoms with van der Waals surface area (Å²) in [5.41, 5.74) is 1.82. The molecule has 1 unspecified atom stereocenters. The van der Waals surface area contributed by atoms with Crippen LogP contribution in [0.1, 0.15) is 26.3 Å². The molecule has 0 saturated heterocycles. The molecule has 1 atom stereocenters. The van der Waals surface area contributed by atoms with Gasteiger partial charge < -0.3 is 10.0 Å². The number of aliphatic hydroxyl groups excluding tert-OH is 1. The van der Waals surface area contributed by atoms with Crippen LogP contribution in [0.5, 0.6) is 0 Å². The van der Waals surface area contributed by atoms with Crippen molar-refractivity contribution >= 4 is 17.3 Å². The van der Waals surface area contributed by atoms with Crippen molar-refractivity contribution in [3.05, 3.63) is 28.8 Å². The Labute approximate surface area is 103 Å². The Morgan fingerprint density at radius 1 is 1.31 bits per heavy atom. The van der Waals surface area contributed by atoms with E-state index >= 15 is 0 Å². The third kappa shape index (κ3) is 2.69. The molecule has 1 aromatic rings. The fourth-order valence-corrected chi connectivity index (χ4v) is 1.93. The molecule has 1 aromatic carbocycles. The Hall–Kier alpha value is -0.730. The van der Waals surface area contributed by atoms with E-state index in [0.717, 1.165) is 11.3 Å². The van der Waals surface area contributed by atoms with Crippen LogP contribution in [0.25, 0.3) is 0 Å². The van der Waals surface area contributed by atoms with Crippen LogP contribution >= 0.6 is 11.6 Å². The molecular formula is C13H20ClNO. The molecule has 0 heterocycles. The maximum absolute atomic E-state index is 9.36. The van der Waals surface area contributed by atoms with E-state index in [4.69, 9.17) is 11.6 Å². The topological polar surface area (TPSA) is 23.5 Å². The summed E-state index contributed by atoms with van der Waals surface area (Å²) in [6.45, 7) is 6.52. The number of aliphatic hydroxyl groups is 1. The zero-order valence-electron chi connectivity index (χ0n) is 10.4. The fraction of sp³-hybridized carbons (Fsp3) is 0.538. The second kappa shape index (κ2) is 5.55. The molecule has 90 valence electrons. The van der Waals surface area contributed by atoms with E-state index in [1.807, 2.05) is 25.2 Å². The highest BCUT2D eigenvalue weighted by Crippen LogP contribution is 2.29. The Balaban J connectivity index is 3.08. The van der Waals surface area contributed by atoms with Crippen molar-refractivity contribution in [2.24, 2.45) is 5.92 Å². The lowest BCUT2D eigenvalue weighted by atomic mass is 10.0. The molecule has 0 saturated carbocycles. The second-order valence-electron chi connectivity index (χ2n) is 4.49. The summed E-state index contributed by atoms with van der Waals surface area (Å²) >= 11 is 6.07. The van der Waals surface area contributed by atoms with E-state index < -0.39 is 0 Å². The van der Waals surface area contributed by atoms with Gasteiger partial charge in [0.15, 0.2) is 0 Å². The van der Waals surface area contributed by atoms with Crippen molar-refractivity contribution in [3.63, 3.8) is 0 Å². The van der Waals surface area contributed by atoms with Gasteiger partial charge in [-0.25, -0.2) is 0 Å². The van der Waals surface area contributed by atoms with Gasteiger partial charge in [0, 0.05) is 29.4 Å². The van der Waals surface area contributed by atoms with Crippen molar-refractivity contribution in [2.75, 3.05) is 11.9 Å². The SMILES string of the molecule is CC(C)C(C)N(C)c1cccc(Cl)c1CO. The summed E-state index contributed by atoms with van der Waals surface area (Å²) in [5.74, 6) is 0.551. The van der Waals surface area contributed by atoms with E-state index in [9.17, 15) is 5.11 Å². The lowest BCUT2D eigenvalue weighted by molar-refractivity contribution is 0.282. The molecule has 16 heavy (non-hydrogen) atoms. The molecule has 0 fully saturated rings. The Morgan fingerprint density at radius 2 is 1.94 bits per heavy atom. The second-order valence-corrected chi connectivity index (χ2v) is 4.90. The molecule has 3 heteroatoms. The van der Waals surface area contributed by atoms with Gasteiger partial charge in [-0.15, -0.1) is 0 Å². The average molecular weight is 242 g/mol. The first-order valence-corrected chi connectivity index (χ1v) is 5.98. The third-order valence-corrected chi connectivity index (χ3v) is 3.56. The number of anilines is 1. The largest absolute Gasteiger partial charge is 0.392 e. The van der Waals surface area contributed by atoms with Crippen LogP contribution < -0.4 is 4.90 Å². The van der Waals surface area contributed by atoms with Crippen molar-refractivity contribution in [2.45, 2.75) is 33.4 Å². The van der Waals surface area contributed by atoms with Gasteiger partial charge >= 0.3 is 0 Å². The zero-order valence-corrected chi connectivity index (χ0v) is 11.1. The van der Waals surface area contributed by atoms with Gasteiger partial charge in [-0.1, -0.05) is 31.5 Å². The Kier molecular flexibility index (Phi) is 4.63. The number of rotatable bonds is 4. The molecule has 1 rings (SSSR count). The first kappa shape index (κ1) is 13.3. The quantitative estimate of drug-likeness (QED) is 0.874. The summed E-state index contributed by atoms with van der Waals surface area (Å²) in [5, 5.41) is 9.99. The molecule has 1 N–H and O–H groups in total. The highest BCUT2D eigenvalue weighted by Gasteiger charge is 2.17. The summed E-state index contributed by atoms with van der Waals surface area (Å²) in [4.78, 5) is 2.17. The van der Waals surface area contributed by atoms with Crippen LogP contribution in [-0.4, -0.2) is 18.2 Å². The molecule has 0 radical (unpaired) electrons. The standard InChI is InChI=1S/C13H20ClNO/c1-9(2)10(3)15(4)13-7-5-6-12(14)11(13)8-16/h5-7,9-10,16H,8H2,1-4H3. The maximum atomic E-state index is 9.36. The van der Waals surface area contributed by atoms with Crippen LogP contribution in [0.2, 0.25) is 5.02 Å². The molecule has 0 aliphatic rings. The predicted molar refractivity (Wildman–Crippen MR) is 70.1 cm³/mol. The average Bonchev–Trinajstić information content (AvgIpc) is 2.26. The van der Waals surface area contributed by atoms with Gasteiger partial charge in [0.2, 0.25) is 0 Å². The predicted octanol–water partition coefficient (Wildman–Crippen LogP) is 3.31. The minimum absolute atomic E-state index is 0.0236. The Bertz CT molecular complexity index is 352. The van der Waals surface area contributed by atoms with Gasteiger partial charge in [-0.2, -0.15) is 0 Å². The normalized spacial score (nSPS) is 12.9. The monoisotopic (exact) mass is 241 g/mol.